The maximum Gasteiger partial charge on any atom is 0.409 e. The van der Waals surface area contributed by atoms with Crippen LogP contribution in [0.25, 0.3) is 0 Å². The number of piperazine rings is 1. The summed E-state index contributed by atoms with van der Waals surface area (Å²) in [4.78, 5) is 44.0. The van der Waals surface area contributed by atoms with Crippen LogP contribution in [0.3, 0.4) is 0 Å². The molecule has 1 atom stereocenters. The van der Waals surface area contributed by atoms with Crippen molar-refractivity contribution in [3.05, 3.63) is 65.2 Å². The molecule has 2 aromatic rings. The van der Waals surface area contributed by atoms with Crippen LogP contribution in [-0.4, -0.2) is 73.6 Å². The van der Waals surface area contributed by atoms with E-state index in [0.29, 0.717) is 44.8 Å². The number of esters is 1. The zero-order valence-corrected chi connectivity index (χ0v) is 20.6. The lowest BCUT2D eigenvalue weighted by atomic mass is 9.91. The minimum absolute atomic E-state index is 0.135. The maximum absolute atomic E-state index is 13.7. The smallest absolute Gasteiger partial charge is 0.409 e. The van der Waals surface area contributed by atoms with Crippen molar-refractivity contribution < 1.29 is 23.9 Å². The molecule has 8 nitrogen and oxygen atoms in total. The van der Waals surface area contributed by atoms with Gasteiger partial charge >= 0.3 is 12.1 Å². The zero-order valence-electron chi connectivity index (χ0n) is 20.6. The van der Waals surface area contributed by atoms with Gasteiger partial charge in [0.2, 0.25) is 5.91 Å². The molecule has 0 aromatic heterocycles. The van der Waals surface area contributed by atoms with Gasteiger partial charge in [-0.1, -0.05) is 30.3 Å². The van der Waals surface area contributed by atoms with Crippen LogP contribution in [0.2, 0.25) is 0 Å². The Hall–Kier alpha value is -3.55. The summed E-state index contributed by atoms with van der Waals surface area (Å²) in [5.41, 5.74) is 2.48. The molecule has 6 rings (SSSR count). The fraction of sp³-hybridized carbons (Fsp3) is 0.464. The summed E-state index contributed by atoms with van der Waals surface area (Å²) in [5, 5.41) is 0. The number of anilines is 1. The largest absolute Gasteiger partial charge is 0.450 e. The summed E-state index contributed by atoms with van der Waals surface area (Å²) in [7, 11) is 0. The van der Waals surface area contributed by atoms with Crippen molar-refractivity contribution in [3.8, 4) is 0 Å². The highest BCUT2D eigenvalue weighted by molar-refractivity contribution is 5.96. The number of amides is 2. The van der Waals surface area contributed by atoms with Gasteiger partial charge in [-0.25, -0.2) is 9.59 Å². The summed E-state index contributed by atoms with van der Waals surface area (Å²) < 4.78 is 11.0. The summed E-state index contributed by atoms with van der Waals surface area (Å²) in [5.74, 6) is -0.157. The second-order valence-corrected chi connectivity index (χ2v) is 10.2. The van der Waals surface area contributed by atoms with Gasteiger partial charge < -0.3 is 24.2 Å². The van der Waals surface area contributed by atoms with Crippen LogP contribution < -0.4 is 4.90 Å². The van der Waals surface area contributed by atoms with E-state index in [2.05, 4.69) is 29.2 Å². The van der Waals surface area contributed by atoms with Gasteiger partial charge in [0.15, 0.2) is 5.60 Å². The number of fused-ring (bicyclic) bond motifs is 2. The summed E-state index contributed by atoms with van der Waals surface area (Å²) >= 11 is 0. The number of rotatable bonds is 4. The monoisotopic (exact) mass is 489 g/mol. The fourth-order valence-corrected chi connectivity index (χ4v) is 6.01. The SMILES string of the molecule is CCOC(=O)N1CCN(c2ccc(C3(C(=O)N4CC[C@@]5(C4)OC(=O)c4ccccc45)CC3)cc2)CC1. The first kappa shape index (κ1) is 22.9. The second-order valence-electron chi connectivity index (χ2n) is 10.2. The highest BCUT2D eigenvalue weighted by atomic mass is 16.6. The molecule has 2 saturated heterocycles. The molecule has 3 fully saturated rings. The molecule has 1 aliphatic carbocycles. The fourth-order valence-electron chi connectivity index (χ4n) is 6.01. The van der Waals surface area contributed by atoms with Crippen molar-refractivity contribution in [2.45, 2.75) is 37.2 Å². The number of carbonyl (C=O) groups excluding carboxylic acids is 3. The Labute approximate surface area is 210 Å². The molecule has 4 aliphatic rings. The van der Waals surface area contributed by atoms with Crippen molar-refractivity contribution in [2.24, 2.45) is 0 Å². The lowest BCUT2D eigenvalue weighted by molar-refractivity contribution is -0.134. The van der Waals surface area contributed by atoms with E-state index in [9.17, 15) is 14.4 Å². The van der Waals surface area contributed by atoms with Crippen molar-refractivity contribution in [1.29, 1.82) is 0 Å². The number of hydrogen-bond acceptors (Lipinski definition) is 6. The number of carbonyl (C=O) groups is 3. The lowest BCUT2D eigenvalue weighted by Gasteiger charge is -2.35. The number of nitrogens with zero attached hydrogens (tertiary/aromatic N) is 3. The number of likely N-dealkylation sites (tertiary alicyclic amines) is 1. The van der Waals surface area contributed by atoms with Crippen LogP contribution >= 0.6 is 0 Å². The first-order valence-corrected chi connectivity index (χ1v) is 12.9. The number of hydrogen-bond donors (Lipinski definition) is 0. The van der Waals surface area contributed by atoms with Gasteiger partial charge in [0.1, 0.15) is 0 Å². The van der Waals surface area contributed by atoms with Crippen LogP contribution in [0.4, 0.5) is 10.5 Å². The molecule has 8 heteroatoms. The molecule has 1 spiro atoms. The Kier molecular flexibility index (Phi) is 5.43. The predicted octanol–water partition coefficient (Wildman–Crippen LogP) is 3.29. The summed E-state index contributed by atoms with van der Waals surface area (Å²) in [6.07, 6.45) is 2.06. The highest BCUT2D eigenvalue weighted by Crippen LogP contribution is 2.52. The van der Waals surface area contributed by atoms with Gasteiger partial charge in [-0.2, -0.15) is 0 Å². The topological polar surface area (TPSA) is 79.4 Å². The van der Waals surface area contributed by atoms with E-state index in [-0.39, 0.29) is 18.0 Å². The molecule has 3 aliphatic heterocycles. The third-order valence-corrected chi connectivity index (χ3v) is 8.20. The van der Waals surface area contributed by atoms with E-state index in [1.165, 1.54) is 0 Å². The van der Waals surface area contributed by atoms with Crippen molar-refractivity contribution in [3.63, 3.8) is 0 Å². The van der Waals surface area contributed by atoms with Gasteiger partial charge in [0, 0.05) is 50.4 Å². The van der Waals surface area contributed by atoms with Gasteiger partial charge in [0.25, 0.3) is 0 Å². The maximum atomic E-state index is 13.7. The van der Waals surface area contributed by atoms with Gasteiger partial charge in [-0.3, -0.25) is 4.79 Å². The van der Waals surface area contributed by atoms with Gasteiger partial charge in [0.05, 0.1) is 24.1 Å². The number of benzene rings is 2. The molecule has 2 aromatic carbocycles. The molecule has 188 valence electrons. The minimum Gasteiger partial charge on any atom is -0.450 e. The number of ether oxygens (including phenoxy) is 2. The summed E-state index contributed by atoms with van der Waals surface area (Å²) in [6.45, 7) is 5.97. The Bertz CT molecular complexity index is 1200. The van der Waals surface area contributed by atoms with Crippen LogP contribution in [-0.2, 0) is 25.3 Å². The van der Waals surface area contributed by atoms with E-state index in [4.69, 9.17) is 9.47 Å². The molecule has 0 radical (unpaired) electrons. The van der Waals surface area contributed by atoms with E-state index < -0.39 is 11.0 Å². The van der Waals surface area contributed by atoms with E-state index in [1.807, 2.05) is 30.0 Å². The van der Waals surface area contributed by atoms with Crippen molar-refractivity contribution in [1.82, 2.24) is 9.80 Å². The lowest BCUT2D eigenvalue weighted by Crippen LogP contribution is -2.49. The third kappa shape index (κ3) is 3.62. The second kappa shape index (κ2) is 8.54. The molecule has 0 unspecified atom stereocenters. The van der Waals surface area contributed by atoms with Crippen LogP contribution in [0.1, 0.15) is 47.7 Å². The Morgan fingerprint density at radius 1 is 0.917 bits per heavy atom. The Morgan fingerprint density at radius 3 is 2.33 bits per heavy atom. The standard InChI is InChI=1S/C28H31N3O5/c1-2-35-26(34)30-17-15-29(16-18-30)21-9-7-20(8-10-21)27(11-12-27)25(33)31-14-13-28(19-31)23-6-4-3-5-22(23)24(32)36-28/h3-10H,2,11-19H2,1H3/t28-/m0/s1. The van der Waals surface area contributed by atoms with Gasteiger partial charge in [-0.15, -0.1) is 0 Å². The van der Waals surface area contributed by atoms with Crippen LogP contribution in [0.5, 0.6) is 0 Å². The third-order valence-electron chi connectivity index (χ3n) is 8.20. The molecule has 3 heterocycles. The quantitative estimate of drug-likeness (QED) is 0.614. The van der Waals surface area contributed by atoms with Crippen molar-refractivity contribution in [2.75, 3.05) is 50.8 Å². The molecule has 2 amide bonds. The highest BCUT2D eigenvalue weighted by Gasteiger charge is 2.57. The molecule has 0 N–H and O–H groups in total. The average Bonchev–Trinajstić information content (AvgIpc) is 3.54. The zero-order chi connectivity index (χ0) is 24.9. The van der Waals surface area contributed by atoms with E-state index >= 15 is 0 Å². The Morgan fingerprint density at radius 2 is 1.64 bits per heavy atom. The molecule has 0 bridgehead atoms. The summed E-state index contributed by atoms with van der Waals surface area (Å²) in [6, 6.07) is 15.9. The Balaban J connectivity index is 1.13. The van der Waals surface area contributed by atoms with Crippen LogP contribution in [0, 0.1) is 0 Å². The van der Waals surface area contributed by atoms with Crippen molar-refractivity contribution >= 4 is 23.7 Å². The molecular formula is C28H31N3O5. The molecular weight excluding hydrogens is 458 g/mol. The van der Waals surface area contributed by atoms with E-state index in [0.717, 1.165) is 42.7 Å². The minimum atomic E-state index is -0.713. The molecule has 1 saturated carbocycles. The molecule has 36 heavy (non-hydrogen) atoms. The normalized spacial score (nSPS) is 24.0. The average molecular weight is 490 g/mol. The predicted molar refractivity (Wildman–Crippen MR) is 133 cm³/mol. The van der Waals surface area contributed by atoms with Gasteiger partial charge in [-0.05, 0) is 43.5 Å². The van der Waals surface area contributed by atoms with E-state index in [1.54, 1.807) is 11.0 Å². The van der Waals surface area contributed by atoms with Crippen LogP contribution in [0.15, 0.2) is 48.5 Å². The first-order chi connectivity index (χ1) is 17.5. The first-order valence-electron chi connectivity index (χ1n) is 12.9.